The third-order valence-corrected chi connectivity index (χ3v) is 4.02. The number of benzene rings is 1. The smallest absolute Gasteiger partial charge is 0.171 e. The molecule has 2 nitrogen and oxygen atoms in total. The molecule has 0 amide bonds. The van der Waals surface area contributed by atoms with Crippen molar-refractivity contribution in [1.82, 2.24) is 5.32 Å². The first-order valence-corrected chi connectivity index (χ1v) is 7.31. The molecular formula is C15H21FN2S. The van der Waals surface area contributed by atoms with Gasteiger partial charge in [0.1, 0.15) is 5.82 Å². The van der Waals surface area contributed by atoms with E-state index in [1.807, 2.05) is 13.0 Å². The molecule has 0 saturated heterocycles. The van der Waals surface area contributed by atoms with Crippen LogP contribution in [-0.2, 0) is 0 Å². The molecule has 0 radical (unpaired) electrons. The minimum absolute atomic E-state index is 0.263. The standard InChI is InChI=1S/C15H21FN2S/c1-10-7-8-14(12(16)9-10)18-15(19)17-13-6-4-3-5-11(13)2/h7-9,11,13H,3-6H2,1-2H3,(H2,17,18,19)/t11-,13-/m0/s1. The Morgan fingerprint density at radius 2 is 2.05 bits per heavy atom. The summed E-state index contributed by atoms with van der Waals surface area (Å²) >= 11 is 5.27. The maximum absolute atomic E-state index is 13.7. The van der Waals surface area contributed by atoms with Gasteiger partial charge in [0.25, 0.3) is 0 Å². The topological polar surface area (TPSA) is 24.1 Å². The van der Waals surface area contributed by atoms with Crippen molar-refractivity contribution in [3.05, 3.63) is 29.6 Å². The average Bonchev–Trinajstić information content (AvgIpc) is 2.36. The lowest BCUT2D eigenvalue weighted by Gasteiger charge is -2.30. The third-order valence-electron chi connectivity index (χ3n) is 3.80. The summed E-state index contributed by atoms with van der Waals surface area (Å²) < 4.78 is 13.7. The van der Waals surface area contributed by atoms with Crippen molar-refractivity contribution in [1.29, 1.82) is 0 Å². The normalized spacial score (nSPS) is 22.9. The van der Waals surface area contributed by atoms with Gasteiger partial charge in [0.05, 0.1) is 5.69 Å². The van der Waals surface area contributed by atoms with Crippen molar-refractivity contribution in [2.45, 2.75) is 45.6 Å². The number of thiocarbonyl (C=S) groups is 1. The monoisotopic (exact) mass is 280 g/mol. The largest absolute Gasteiger partial charge is 0.359 e. The van der Waals surface area contributed by atoms with Gasteiger partial charge in [-0.05, 0) is 55.6 Å². The maximum Gasteiger partial charge on any atom is 0.171 e. The van der Waals surface area contributed by atoms with E-state index in [1.54, 1.807) is 6.07 Å². The van der Waals surface area contributed by atoms with Gasteiger partial charge in [-0.15, -0.1) is 0 Å². The van der Waals surface area contributed by atoms with Gasteiger partial charge in [-0.2, -0.15) is 0 Å². The number of hydrogen-bond acceptors (Lipinski definition) is 1. The quantitative estimate of drug-likeness (QED) is 0.801. The van der Waals surface area contributed by atoms with Crippen LogP contribution in [0.2, 0.25) is 0 Å². The molecule has 0 unspecified atom stereocenters. The molecule has 1 aromatic carbocycles. The SMILES string of the molecule is Cc1ccc(NC(=S)N[C@H]2CCCC[C@@H]2C)c(F)c1. The maximum atomic E-state index is 13.7. The van der Waals surface area contributed by atoms with Crippen LogP contribution >= 0.6 is 12.2 Å². The van der Waals surface area contributed by atoms with E-state index >= 15 is 0 Å². The summed E-state index contributed by atoms with van der Waals surface area (Å²) in [6.45, 7) is 4.11. The van der Waals surface area contributed by atoms with Crippen LogP contribution in [0.3, 0.4) is 0 Å². The van der Waals surface area contributed by atoms with Crippen molar-refractivity contribution < 1.29 is 4.39 Å². The van der Waals surface area contributed by atoms with Crippen molar-refractivity contribution in [2.24, 2.45) is 5.92 Å². The van der Waals surface area contributed by atoms with E-state index in [-0.39, 0.29) is 5.82 Å². The first kappa shape index (κ1) is 14.3. The van der Waals surface area contributed by atoms with E-state index in [4.69, 9.17) is 12.2 Å². The van der Waals surface area contributed by atoms with Crippen LogP contribution in [0.25, 0.3) is 0 Å². The molecule has 0 aliphatic heterocycles. The molecule has 2 atom stereocenters. The highest BCUT2D eigenvalue weighted by Gasteiger charge is 2.21. The lowest BCUT2D eigenvalue weighted by atomic mass is 9.86. The molecule has 104 valence electrons. The zero-order chi connectivity index (χ0) is 13.8. The Morgan fingerprint density at radius 1 is 1.32 bits per heavy atom. The predicted molar refractivity (Wildman–Crippen MR) is 81.9 cm³/mol. The fraction of sp³-hybridized carbons (Fsp3) is 0.533. The van der Waals surface area contributed by atoms with Crippen LogP contribution in [0, 0.1) is 18.7 Å². The van der Waals surface area contributed by atoms with Crippen molar-refractivity contribution in [2.75, 3.05) is 5.32 Å². The highest BCUT2D eigenvalue weighted by Crippen LogP contribution is 2.24. The van der Waals surface area contributed by atoms with Crippen LogP contribution in [0.1, 0.15) is 38.2 Å². The Labute approximate surface area is 119 Å². The van der Waals surface area contributed by atoms with E-state index in [2.05, 4.69) is 17.6 Å². The Kier molecular flexibility index (Phi) is 4.75. The molecule has 1 aliphatic rings. The van der Waals surface area contributed by atoms with Gasteiger partial charge in [0.15, 0.2) is 5.11 Å². The minimum atomic E-state index is -0.263. The molecule has 0 aromatic heterocycles. The Balaban J connectivity index is 1.93. The second-order valence-electron chi connectivity index (χ2n) is 5.45. The molecule has 0 bridgehead atoms. The molecule has 0 heterocycles. The Hall–Kier alpha value is -1.16. The van der Waals surface area contributed by atoms with Gasteiger partial charge < -0.3 is 10.6 Å². The molecule has 2 N–H and O–H groups in total. The summed E-state index contributed by atoms with van der Waals surface area (Å²) in [5, 5.41) is 6.78. The molecule has 1 saturated carbocycles. The van der Waals surface area contributed by atoms with Crippen LogP contribution < -0.4 is 10.6 Å². The van der Waals surface area contributed by atoms with E-state index < -0.39 is 0 Å². The molecule has 0 spiro atoms. The molecule has 1 fully saturated rings. The highest BCUT2D eigenvalue weighted by molar-refractivity contribution is 7.80. The van der Waals surface area contributed by atoms with Gasteiger partial charge >= 0.3 is 0 Å². The van der Waals surface area contributed by atoms with Crippen molar-refractivity contribution >= 4 is 23.0 Å². The molecule has 19 heavy (non-hydrogen) atoms. The van der Waals surface area contributed by atoms with Gasteiger partial charge in [0.2, 0.25) is 0 Å². The average molecular weight is 280 g/mol. The summed E-state index contributed by atoms with van der Waals surface area (Å²) in [4.78, 5) is 0. The second-order valence-corrected chi connectivity index (χ2v) is 5.86. The number of aryl methyl sites for hydroxylation is 1. The summed E-state index contributed by atoms with van der Waals surface area (Å²) in [5.41, 5.74) is 1.34. The van der Waals surface area contributed by atoms with Gasteiger partial charge in [0, 0.05) is 6.04 Å². The summed E-state index contributed by atoms with van der Waals surface area (Å²) in [6, 6.07) is 5.51. The first-order chi connectivity index (χ1) is 9.06. The fourth-order valence-corrected chi connectivity index (χ4v) is 2.84. The Morgan fingerprint density at radius 3 is 2.74 bits per heavy atom. The Bertz CT molecular complexity index is 461. The number of anilines is 1. The van der Waals surface area contributed by atoms with Crippen LogP contribution in [-0.4, -0.2) is 11.2 Å². The zero-order valence-electron chi connectivity index (χ0n) is 11.5. The van der Waals surface area contributed by atoms with E-state index in [9.17, 15) is 4.39 Å². The number of hydrogen-bond donors (Lipinski definition) is 2. The number of nitrogens with one attached hydrogen (secondary N) is 2. The van der Waals surface area contributed by atoms with Gasteiger partial charge in [-0.25, -0.2) is 4.39 Å². The second kappa shape index (κ2) is 6.33. The van der Waals surface area contributed by atoms with Crippen molar-refractivity contribution in [3.8, 4) is 0 Å². The zero-order valence-corrected chi connectivity index (χ0v) is 12.3. The van der Waals surface area contributed by atoms with Gasteiger partial charge in [-0.1, -0.05) is 25.8 Å². The summed E-state index contributed by atoms with van der Waals surface area (Å²) in [7, 11) is 0. The molecule has 1 aromatic rings. The lowest BCUT2D eigenvalue weighted by molar-refractivity contribution is 0.309. The van der Waals surface area contributed by atoms with Crippen LogP contribution in [0.4, 0.5) is 10.1 Å². The predicted octanol–water partition coefficient (Wildman–Crippen LogP) is 4.00. The molecule has 2 rings (SSSR count). The van der Waals surface area contributed by atoms with E-state index in [1.165, 1.54) is 25.3 Å². The number of halogens is 1. The molecule has 1 aliphatic carbocycles. The number of rotatable bonds is 2. The fourth-order valence-electron chi connectivity index (χ4n) is 2.58. The van der Waals surface area contributed by atoms with E-state index in [0.29, 0.717) is 22.8 Å². The molecular weight excluding hydrogens is 259 g/mol. The lowest BCUT2D eigenvalue weighted by Crippen LogP contribution is -2.43. The van der Waals surface area contributed by atoms with Crippen LogP contribution in [0.15, 0.2) is 18.2 Å². The van der Waals surface area contributed by atoms with E-state index in [0.717, 1.165) is 12.0 Å². The molecule has 4 heteroatoms. The third kappa shape index (κ3) is 3.90. The van der Waals surface area contributed by atoms with Gasteiger partial charge in [-0.3, -0.25) is 0 Å². The highest BCUT2D eigenvalue weighted by atomic mass is 32.1. The van der Waals surface area contributed by atoms with Crippen LogP contribution in [0.5, 0.6) is 0 Å². The summed E-state index contributed by atoms with van der Waals surface area (Å²) in [6.07, 6.45) is 4.91. The van der Waals surface area contributed by atoms with Crippen molar-refractivity contribution in [3.63, 3.8) is 0 Å². The minimum Gasteiger partial charge on any atom is -0.359 e. The summed E-state index contributed by atoms with van der Waals surface area (Å²) in [5.74, 6) is 0.359. The first-order valence-electron chi connectivity index (χ1n) is 6.90.